The molecule has 0 fully saturated rings. The third-order valence-electron chi connectivity index (χ3n) is 1.94. The van der Waals surface area contributed by atoms with Gasteiger partial charge in [-0.1, -0.05) is 12.1 Å². The molecule has 0 heterocycles. The molecule has 0 radical (unpaired) electrons. The summed E-state index contributed by atoms with van der Waals surface area (Å²) >= 11 is 1.45. The molecule has 1 aromatic rings. The van der Waals surface area contributed by atoms with Crippen molar-refractivity contribution in [1.29, 1.82) is 5.26 Å². The van der Waals surface area contributed by atoms with E-state index >= 15 is 0 Å². The van der Waals surface area contributed by atoms with Gasteiger partial charge in [-0.15, -0.1) is 0 Å². The first kappa shape index (κ1) is 12.6. The Kier molecular flexibility index (Phi) is 4.83. The summed E-state index contributed by atoms with van der Waals surface area (Å²) in [5.41, 5.74) is 6.98. The molecule has 1 atom stereocenters. The SMILES string of the molecule is N#Cc1cccc(CSC[C@@H](N)C(=O)O)c1. The van der Waals surface area contributed by atoms with Crippen LogP contribution in [0.5, 0.6) is 0 Å². The van der Waals surface area contributed by atoms with Gasteiger partial charge in [-0.2, -0.15) is 17.0 Å². The van der Waals surface area contributed by atoms with E-state index in [0.717, 1.165) is 5.56 Å². The minimum absolute atomic E-state index is 0.367. The molecule has 0 aromatic heterocycles. The average Bonchev–Trinajstić information content (AvgIpc) is 2.29. The lowest BCUT2D eigenvalue weighted by Crippen LogP contribution is -2.32. The lowest BCUT2D eigenvalue weighted by Gasteiger charge is -2.05. The number of carboxylic acid groups (broad SMARTS) is 1. The predicted molar refractivity (Wildman–Crippen MR) is 62.9 cm³/mol. The van der Waals surface area contributed by atoms with Crippen LogP contribution in [0.15, 0.2) is 24.3 Å². The Morgan fingerprint density at radius 3 is 3.00 bits per heavy atom. The lowest BCUT2D eigenvalue weighted by atomic mass is 10.2. The smallest absolute Gasteiger partial charge is 0.321 e. The molecule has 0 unspecified atom stereocenters. The van der Waals surface area contributed by atoms with E-state index in [4.69, 9.17) is 16.1 Å². The number of carboxylic acids is 1. The van der Waals surface area contributed by atoms with Gasteiger partial charge in [0.25, 0.3) is 0 Å². The Labute approximate surface area is 98.1 Å². The Morgan fingerprint density at radius 2 is 2.38 bits per heavy atom. The number of nitrogens with two attached hydrogens (primary N) is 1. The van der Waals surface area contributed by atoms with Gasteiger partial charge in [0.15, 0.2) is 0 Å². The van der Waals surface area contributed by atoms with E-state index in [1.54, 1.807) is 12.1 Å². The van der Waals surface area contributed by atoms with Crippen molar-refractivity contribution in [1.82, 2.24) is 0 Å². The third-order valence-corrected chi connectivity index (χ3v) is 3.07. The summed E-state index contributed by atoms with van der Waals surface area (Å²) in [6.07, 6.45) is 0. The number of hydrogen-bond donors (Lipinski definition) is 2. The van der Waals surface area contributed by atoms with Crippen molar-refractivity contribution >= 4 is 17.7 Å². The first-order valence-electron chi connectivity index (χ1n) is 4.68. The first-order valence-corrected chi connectivity index (χ1v) is 5.84. The van der Waals surface area contributed by atoms with Crippen molar-refractivity contribution in [3.05, 3.63) is 35.4 Å². The normalized spacial score (nSPS) is 11.8. The van der Waals surface area contributed by atoms with E-state index in [9.17, 15) is 4.79 Å². The van der Waals surface area contributed by atoms with Gasteiger partial charge in [-0.25, -0.2) is 0 Å². The summed E-state index contributed by atoms with van der Waals surface area (Å²) in [6, 6.07) is 8.47. The van der Waals surface area contributed by atoms with Crippen LogP contribution in [-0.2, 0) is 10.5 Å². The summed E-state index contributed by atoms with van der Waals surface area (Å²) in [5.74, 6) is 0.0427. The van der Waals surface area contributed by atoms with Crippen molar-refractivity contribution in [2.45, 2.75) is 11.8 Å². The largest absolute Gasteiger partial charge is 0.480 e. The monoisotopic (exact) mass is 236 g/mol. The number of aliphatic carboxylic acids is 1. The van der Waals surface area contributed by atoms with Crippen LogP contribution in [0.1, 0.15) is 11.1 Å². The summed E-state index contributed by atoms with van der Waals surface area (Å²) in [4.78, 5) is 10.5. The van der Waals surface area contributed by atoms with E-state index in [1.165, 1.54) is 11.8 Å². The van der Waals surface area contributed by atoms with E-state index in [1.807, 2.05) is 12.1 Å². The first-order chi connectivity index (χ1) is 7.63. The summed E-state index contributed by atoms with van der Waals surface area (Å²) in [5, 5.41) is 17.3. The minimum atomic E-state index is -0.988. The molecule has 1 rings (SSSR count). The van der Waals surface area contributed by atoms with Gasteiger partial charge in [0.1, 0.15) is 6.04 Å². The molecule has 0 aliphatic heterocycles. The minimum Gasteiger partial charge on any atom is -0.480 e. The number of hydrogen-bond acceptors (Lipinski definition) is 4. The van der Waals surface area contributed by atoms with Crippen LogP contribution in [-0.4, -0.2) is 22.9 Å². The van der Waals surface area contributed by atoms with Crippen LogP contribution in [0.4, 0.5) is 0 Å². The molecule has 84 valence electrons. The molecule has 0 aliphatic carbocycles. The molecule has 16 heavy (non-hydrogen) atoms. The second kappa shape index (κ2) is 6.16. The van der Waals surface area contributed by atoms with E-state index in [2.05, 4.69) is 6.07 Å². The van der Waals surface area contributed by atoms with Gasteiger partial charge in [0.05, 0.1) is 11.6 Å². The number of nitrogens with zero attached hydrogens (tertiary/aromatic N) is 1. The van der Waals surface area contributed by atoms with Crippen LogP contribution < -0.4 is 5.73 Å². The average molecular weight is 236 g/mol. The maximum atomic E-state index is 10.5. The molecule has 0 bridgehead atoms. The molecule has 4 nitrogen and oxygen atoms in total. The summed E-state index contributed by atoms with van der Waals surface area (Å²) in [6.45, 7) is 0. The van der Waals surface area contributed by atoms with Crippen molar-refractivity contribution < 1.29 is 9.90 Å². The quantitative estimate of drug-likeness (QED) is 0.802. The van der Waals surface area contributed by atoms with Crippen LogP contribution in [0.3, 0.4) is 0 Å². The Morgan fingerprint density at radius 1 is 1.62 bits per heavy atom. The standard InChI is InChI=1S/C11H12N2O2S/c12-5-8-2-1-3-9(4-8)6-16-7-10(13)11(14)15/h1-4,10H,6-7,13H2,(H,14,15)/t10-/m1/s1. The zero-order valence-corrected chi connectivity index (χ0v) is 9.41. The zero-order chi connectivity index (χ0) is 12.0. The summed E-state index contributed by atoms with van der Waals surface area (Å²) < 4.78 is 0. The zero-order valence-electron chi connectivity index (χ0n) is 8.59. The van der Waals surface area contributed by atoms with Crippen LogP contribution in [0.25, 0.3) is 0 Å². The lowest BCUT2D eigenvalue weighted by molar-refractivity contribution is -0.137. The number of nitriles is 1. The summed E-state index contributed by atoms with van der Waals surface area (Å²) in [7, 11) is 0. The van der Waals surface area contributed by atoms with Gasteiger partial charge in [0.2, 0.25) is 0 Å². The maximum Gasteiger partial charge on any atom is 0.321 e. The highest BCUT2D eigenvalue weighted by Crippen LogP contribution is 2.14. The van der Waals surface area contributed by atoms with Crippen molar-refractivity contribution in [2.75, 3.05) is 5.75 Å². The van der Waals surface area contributed by atoms with E-state index < -0.39 is 12.0 Å². The fraction of sp³-hybridized carbons (Fsp3) is 0.273. The van der Waals surface area contributed by atoms with E-state index in [-0.39, 0.29) is 0 Å². The van der Waals surface area contributed by atoms with Crippen LogP contribution in [0.2, 0.25) is 0 Å². The number of rotatable bonds is 5. The maximum absolute atomic E-state index is 10.5. The molecule has 0 amide bonds. The Bertz CT molecular complexity index is 415. The van der Waals surface area contributed by atoms with Gasteiger partial charge in [-0.05, 0) is 17.7 Å². The third kappa shape index (κ3) is 3.93. The van der Waals surface area contributed by atoms with Gasteiger partial charge < -0.3 is 10.8 Å². The van der Waals surface area contributed by atoms with Crippen molar-refractivity contribution in [3.8, 4) is 6.07 Å². The Hall–Kier alpha value is -1.51. The molecule has 0 saturated heterocycles. The highest BCUT2D eigenvalue weighted by atomic mass is 32.2. The van der Waals surface area contributed by atoms with Crippen LogP contribution >= 0.6 is 11.8 Å². The second-order valence-electron chi connectivity index (χ2n) is 3.27. The van der Waals surface area contributed by atoms with E-state index in [0.29, 0.717) is 17.1 Å². The topological polar surface area (TPSA) is 87.1 Å². The van der Waals surface area contributed by atoms with Crippen molar-refractivity contribution in [3.63, 3.8) is 0 Å². The molecule has 0 spiro atoms. The number of carbonyl (C=O) groups is 1. The fourth-order valence-electron chi connectivity index (χ4n) is 1.11. The highest BCUT2D eigenvalue weighted by Gasteiger charge is 2.10. The van der Waals surface area contributed by atoms with Gasteiger partial charge in [0, 0.05) is 11.5 Å². The van der Waals surface area contributed by atoms with Crippen molar-refractivity contribution in [2.24, 2.45) is 5.73 Å². The molecule has 0 aliphatic rings. The van der Waals surface area contributed by atoms with Gasteiger partial charge >= 0.3 is 5.97 Å². The molecule has 0 saturated carbocycles. The molecular formula is C11H12N2O2S. The highest BCUT2D eigenvalue weighted by molar-refractivity contribution is 7.98. The molecule has 5 heteroatoms. The molecular weight excluding hydrogens is 224 g/mol. The predicted octanol–water partition coefficient (Wildman–Crippen LogP) is 1.20. The van der Waals surface area contributed by atoms with Gasteiger partial charge in [-0.3, -0.25) is 4.79 Å². The molecule has 1 aromatic carbocycles. The second-order valence-corrected chi connectivity index (χ2v) is 4.30. The number of benzene rings is 1. The number of thioether (sulfide) groups is 1. The Balaban J connectivity index is 2.43. The fourth-order valence-corrected chi connectivity index (χ4v) is 2.04. The molecule has 3 N–H and O–H groups in total. The van der Waals surface area contributed by atoms with Crippen LogP contribution in [0, 0.1) is 11.3 Å².